The van der Waals surface area contributed by atoms with Crippen LogP contribution in [0.3, 0.4) is 0 Å². The molecule has 2 fully saturated rings. The number of rotatable bonds is 4. The summed E-state index contributed by atoms with van der Waals surface area (Å²) >= 11 is 0. The lowest BCUT2D eigenvalue weighted by Gasteiger charge is -2.23. The van der Waals surface area contributed by atoms with E-state index in [1.54, 1.807) is 13.8 Å². The lowest BCUT2D eigenvalue weighted by Crippen LogP contribution is -2.38. The lowest BCUT2D eigenvalue weighted by molar-refractivity contribution is -0.132. The molecule has 2 aliphatic rings. The largest absolute Gasteiger partial charge is 0.360 e. The van der Waals surface area contributed by atoms with Crippen molar-refractivity contribution in [1.29, 1.82) is 0 Å². The molecule has 1 aliphatic carbocycles. The third-order valence-electron chi connectivity index (χ3n) is 5.31. The number of sulfonamides is 1. The minimum absolute atomic E-state index is 0.165. The first kappa shape index (κ1) is 18.4. The van der Waals surface area contributed by atoms with Crippen LogP contribution in [0.4, 0.5) is 0 Å². The molecule has 140 valence electrons. The van der Waals surface area contributed by atoms with Gasteiger partial charge in [-0.3, -0.25) is 4.79 Å². The molecule has 0 spiro atoms. The first-order chi connectivity index (χ1) is 11.9. The van der Waals surface area contributed by atoms with E-state index in [1.165, 1.54) is 17.1 Å². The topological polar surface area (TPSA) is 83.7 Å². The predicted octanol–water partition coefficient (Wildman–Crippen LogP) is 2.09. The molecule has 8 heteroatoms. The average Bonchev–Trinajstić information content (AvgIpc) is 3.09. The van der Waals surface area contributed by atoms with Gasteiger partial charge in [-0.2, -0.15) is 4.31 Å². The zero-order valence-electron chi connectivity index (χ0n) is 15.0. The van der Waals surface area contributed by atoms with Gasteiger partial charge in [-0.05, 0) is 39.0 Å². The second-order valence-electron chi connectivity index (χ2n) is 7.15. The predicted molar refractivity (Wildman–Crippen MR) is 92.5 cm³/mol. The number of nitrogens with zero attached hydrogens (tertiary/aromatic N) is 3. The third kappa shape index (κ3) is 3.89. The number of carbonyl (C=O) groups is 1. The Morgan fingerprint density at radius 3 is 2.48 bits per heavy atom. The quantitative estimate of drug-likeness (QED) is 0.811. The Bertz CT molecular complexity index is 703. The van der Waals surface area contributed by atoms with Gasteiger partial charge in [0.2, 0.25) is 15.9 Å². The second kappa shape index (κ2) is 7.45. The van der Waals surface area contributed by atoms with E-state index in [9.17, 15) is 13.2 Å². The van der Waals surface area contributed by atoms with Crippen molar-refractivity contribution >= 4 is 15.9 Å². The zero-order chi connectivity index (χ0) is 18.0. The SMILES string of the molecule is Cc1noc(C)c1S(=O)(=O)N1CCCN(C(=O)CC2CCCC2)CC1. The van der Waals surface area contributed by atoms with E-state index in [0.29, 0.717) is 56.4 Å². The van der Waals surface area contributed by atoms with E-state index in [4.69, 9.17) is 4.52 Å². The fourth-order valence-electron chi connectivity index (χ4n) is 3.95. The van der Waals surface area contributed by atoms with E-state index >= 15 is 0 Å². The molecular formula is C17H27N3O4S. The number of carbonyl (C=O) groups excluding carboxylic acids is 1. The van der Waals surface area contributed by atoms with E-state index < -0.39 is 10.0 Å². The molecular weight excluding hydrogens is 342 g/mol. The molecule has 1 saturated carbocycles. The van der Waals surface area contributed by atoms with Gasteiger partial charge in [0.15, 0.2) is 5.76 Å². The van der Waals surface area contributed by atoms with Gasteiger partial charge >= 0.3 is 0 Å². The molecule has 1 aliphatic heterocycles. The number of hydrogen-bond donors (Lipinski definition) is 0. The molecule has 1 saturated heterocycles. The normalized spacial score (nSPS) is 20.8. The number of aromatic nitrogens is 1. The van der Waals surface area contributed by atoms with Gasteiger partial charge in [0.05, 0.1) is 0 Å². The van der Waals surface area contributed by atoms with Crippen LogP contribution in [0.25, 0.3) is 0 Å². The summed E-state index contributed by atoms with van der Waals surface area (Å²) in [6, 6.07) is 0. The number of amides is 1. The van der Waals surface area contributed by atoms with Crippen molar-refractivity contribution in [3.63, 3.8) is 0 Å². The summed E-state index contributed by atoms with van der Waals surface area (Å²) in [4.78, 5) is 14.5. The Morgan fingerprint density at radius 1 is 1.12 bits per heavy atom. The molecule has 0 radical (unpaired) electrons. The van der Waals surface area contributed by atoms with Crippen molar-refractivity contribution in [3.05, 3.63) is 11.5 Å². The van der Waals surface area contributed by atoms with Crippen molar-refractivity contribution in [3.8, 4) is 0 Å². The van der Waals surface area contributed by atoms with Crippen molar-refractivity contribution in [2.75, 3.05) is 26.2 Å². The van der Waals surface area contributed by atoms with Crippen LogP contribution in [0.2, 0.25) is 0 Å². The number of aryl methyl sites for hydroxylation is 2. The monoisotopic (exact) mass is 369 g/mol. The molecule has 7 nitrogen and oxygen atoms in total. The fraction of sp³-hybridized carbons (Fsp3) is 0.765. The highest BCUT2D eigenvalue weighted by molar-refractivity contribution is 7.89. The maximum Gasteiger partial charge on any atom is 0.248 e. The zero-order valence-corrected chi connectivity index (χ0v) is 15.8. The summed E-state index contributed by atoms with van der Waals surface area (Å²) in [5.41, 5.74) is 0.385. The van der Waals surface area contributed by atoms with Crippen molar-refractivity contribution in [2.24, 2.45) is 5.92 Å². The maximum atomic E-state index is 12.9. The van der Waals surface area contributed by atoms with E-state index in [-0.39, 0.29) is 10.8 Å². The Morgan fingerprint density at radius 2 is 1.84 bits per heavy atom. The molecule has 0 N–H and O–H groups in total. The standard InChI is InChI=1S/C17H27N3O4S/c1-13-17(14(2)24-18-13)25(22,23)20-9-5-8-19(10-11-20)16(21)12-15-6-3-4-7-15/h15H,3-12H2,1-2H3. The molecule has 0 aromatic carbocycles. The van der Waals surface area contributed by atoms with Crippen LogP contribution in [0.15, 0.2) is 9.42 Å². The summed E-state index contributed by atoms with van der Waals surface area (Å²) in [6.07, 6.45) is 6.00. The Kier molecular flexibility index (Phi) is 5.48. The van der Waals surface area contributed by atoms with Crippen LogP contribution in [0.1, 0.15) is 50.0 Å². The van der Waals surface area contributed by atoms with E-state index in [1.807, 2.05) is 4.90 Å². The first-order valence-corrected chi connectivity index (χ1v) is 10.5. The highest BCUT2D eigenvalue weighted by atomic mass is 32.2. The Balaban J connectivity index is 1.66. The molecule has 2 heterocycles. The highest BCUT2D eigenvalue weighted by Gasteiger charge is 2.33. The van der Waals surface area contributed by atoms with Gasteiger partial charge in [-0.25, -0.2) is 8.42 Å². The smallest absolute Gasteiger partial charge is 0.248 e. The molecule has 3 rings (SSSR count). The molecule has 0 bridgehead atoms. The van der Waals surface area contributed by atoms with Crippen LogP contribution >= 0.6 is 0 Å². The van der Waals surface area contributed by atoms with Gasteiger partial charge in [-0.15, -0.1) is 0 Å². The summed E-state index contributed by atoms with van der Waals surface area (Å²) in [7, 11) is -3.64. The van der Waals surface area contributed by atoms with E-state index in [0.717, 1.165) is 12.8 Å². The first-order valence-electron chi connectivity index (χ1n) is 9.10. The van der Waals surface area contributed by atoms with Crippen LogP contribution in [0, 0.1) is 19.8 Å². The van der Waals surface area contributed by atoms with Crippen molar-refractivity contribution in [2.45, 2.75) is 57.3 Å². The second-order valence-corrected chi connectivity index (χ2v) is 9.02. The maximum absolute atomic E-state index is 12.9. The molecule has 25 heavy (non-hydrogen) atoms. The van der Waals surface area contributed by atoms with E-state index in [2.05, 4.69) is 5.16 Å². The lowest BCUT2D eigenvalue weighted by atomic mass is 10.0. The molecule has 1 amide bonds. The molecule has 1 aromatic heterocycles. The van der Waals surface area contributed by atoms with Gasteiger partial charge < -0.3 is 9.42 Å². The molecule has 0 atom stereocenters. The Hall–Kier alpha value is -1.41. The summed E-state index contributed by atoms with van der Waals surface area (Å²) in [5.74, 6) is 0.997. The van der Waals surface area contributed by atoms with Crippen LogP contribution in [0.5, 0.6) is 0 Å². The third-order valence-corrected chi connectivity index (χ3v) is 7.46. The van der Waals surface area contributed by atoms with Gasteiger partial charge in [0.1, 0.15) is 10.6 Å². The van der Waals surface area contributed by atoms with Gasteiger partial charge in [0.25, 0.3) is 0 Å². The van der Waals surface area contributed by atoms with Crippen molar-refractivity contribution in [1.82, 2.24) is 14.4 Å². The van der Waals surface area contributed by atoms with Crippen LogP contribution in [-0.4, -0.2) is 54.9 Å². The molecule has 0 unspecified atom stereocenters. The minimum atomic E-state index is -3.64. The minimum Gasteiger partial charge on any atom is -0.360 e. The van der Waals surface area contributed by atoms with Crippen LogP contribution in [-0.2, 0) is 14.8 Å². The van der Waals surface area contributed by atoms with Crippen molar-refractivity contribution < 1.29 is 17.7 Å². The summed E-state index contributed by atoms with van der Waals surface area (Å²) < 4.78 is 32.3. The summed E-state index contributed by atoms with van der Waals surface area (Å²) in [6.45, 7) is 5.07. The highest BCUT2D eigenvalue weighted by Crippen LogP contribution is 2.28. The average molecular weight is 369 g/mol. The van der Waals surface area contributed by atoms with Gasteiger partial charge in [-0.1, -0.05) is 18.0 Å². The molecule has 1 aromatic rings. The summed E-state index contributed by atoms with van der Waals surface area (Å²) in [5, 5.41) is 3.76. The van der Waals surface area contributed by atoms with Gasteiger partial charge in [0, 0.05) is 32.6 Å². The Labute approximate surface area is 149 Å². The van der Waals surface area contributed by atoms with Crippen LogP contribution < -0.4 is 0 Å². The number of hydrogen-bond acceptors (Lipinski definition) is 5. The fourth-order valence-corrected chi connectivity index (χ4v) is 5.71.